The largest absolute Gasteiger partial charge is 0.345 e. The van der Waals surface area contributed by atoms with Crippen LogP contribution in [-0.2, 0) is 6.42 Å². The number of nitrogens with one attached hydrogen (secondary N) is 1. The van der Waals surface area contributed by atoms with Gasteiger partial charge in [-0.3, -0.25) is 4.79 Å². The molecule has 15 heavy (non-hydrogen) atoms. The molecule has 0 unspecified atom stereocenters. The number of fused-ring (bicyclic) bond motifs is 1. The predicted octanol–water partition coefficient (Wildman–Crippen LogP) is 1.23. The highest BCUT2D eigenvalue weighted by atomic mass is 16.1. The fraction of sp³-hybridized carbons (Fsp3) is 0.545. The third-order valence-corrected chi connectivity index (χ3v) is 2.76. The topological polar surface area (TPSA) is 62.8 Å². The SMILES string of the molecule is Cc1[nH]c(=O)nc2c1C(=O)CC(C)(C)C2. The molecular formula is C11H14N2O2. The van der Waals surface area contributed by atoms with E-state index in [1.807, 2.05) is 13.8 Å². The zero-order valence-corrected chi connectivity index (χ0v) is 9.18. The van der Waals surface area contributed by atoms with Gasteiger partial charge in [-0.05, 0) is 18.8 Å². The fourth-order valence-corrected chi connectivity index (χ4v) is 2.18. The van der Waals surface area contributed by atoms with E-state index >= 15 is 0 Å². The molecule has 4 nitrogen and oxygen atoms in total. The molecule has 1 aromatic rings. The van der Waals surface area contributed by atoms with E-state index in [2.05, 4.69) is 9.97 Å². The Labute approximate surface area is 87.7 Å². The Hall–Kier alpha value is -1.45. The van der Waals surface area contributed by atoms with Crippen molar-refractivity contribution in [2.45, 2.75) is 33.6 Å². The molecule has 0 atom stereocenters. The Balaban J connectivity index is 2.65. The maximum atomic E-state index is 11.9. The number of carbonyl (C=O) groups is 1. The van der Waals surface area contributed by atoms with Crippen molar-refractivity contribution in [1.82, 2.24) is 9.97 Å². The number of aromatic nitrogens is 2. The summed E-state index contributed by atoms with van der Waals surface area (Å²) in [5.41, 5.74) is 1.46. The van der Waals surface area contributed by atoms with Crippen LogP contribution in [0.2, 0.25) is 0 Å². The summed E-state index contributed by atoms with van der Waals surface area (Å²) in [4.78, 5) is 29.5. The van der Waals surface area contributed by atoms with Crippen molar-refractivity contribution in [1.29, 1.82) is 0 Å². The van der Waals surface area contributed by atoms with Crippen LogP contribution in [0.3, 0.4) is 0 Å². The number of aryl methyl sites for hydroxylation is 1. The van der Waals surface area contributed by atoms with Gasteiger partial charge in [0.25, 0.3) is 0 Å². The highest BCUT2D eigenvalue weighted by Gasteiger charge is 2.33. The molecule has 0 aromatic carbocycles. The molecule has 0 bridgehead atoms. The molecule has 1 N–H and O–H groups in total. The fourth-order valence-electron chi connectivity index (χ4n) is 2.18. The van der Waals surface area contributed by atoms with E-state index < -0.39 is 0 Å². The first-order valence-electron chi connectivity index (χ1n) is 5.02. The summed E-state index contributed by atoms with van der Waals surface area (Å²) < 4.78 is 0. The lowest BCUT2D eigenvalue weighted by atomic mass is 9.75. The second-order valence-corrected chi connectivity index (χ2v) is 4.93. The zero-order chi connectivity index (χ0) is 11.2. The van der Waals surface area contributed by atoms with E-state index in [0.717, 1.165) is 0 Å². The third-order valence-electron chi connectivity index (χ3n) is 2.76. The minimum Gasteiger partial charge on any atom is -0.309 e. The van der Waals surface area contributed by atoms with Gasteiger partial charge in [-0.25, -0.2) is 4.79 Å². The monoisotopic (exact) mass is 206 g/mol. The van der Waals surface area contributed by atoms with Crippen molar-refractivity contribution >= 4 is 5.78 Å². The average Bonchev–Trinajstić information content (AvgIpc) is 1.97. The lowest BCUT2D eigenvalue weighted by molar-refractivity contribution is 0.0908. The van der Waals surface area contributed by atoms with Gasteiger partial charge in [-0.2, -0.15) is 4.98 Å². The van der Waals surface area contributed by atoms with Crippen molar-refractivity contribution in [2.24, 2.45) is 5.41 Å². The van der Waals surface area contributed by atoms with Gasteiger partial charge in [0.05, 0.1) is 11.3 Å². The van der Waals surface area contributed by atoms with Crippen LogP contribution >= 0.6 is 0 Å². The van der Waals surface area contributed by atoms with Gasteiger partial charge in [-0.15, -0.1) is 0 Å². The second-order valence-electron chi connectivity index (χ2n) is 4.93. The van der Waals surface area contributed by atoms with Crippen molar-refractivity contribution < 1.29 is 4.79 Å². The summed E-state index contributed by atoms with van der Waals surface area (Å²) in [7, 11) is 0. The molecule has 0 saturated heterocycles. The Bertz CT molecular complexity index is 486. The smallest absolute Gasteiger partial charge is 0.309 e. The maximum absolute atomic E-state index is 11.9. The van der Waals surface area contributed by atoms with Gasteiger partial charge in [0.15, 0.2) is 5.78 Å². The van der Waals surface area contributed by atoms with Gasteiger partial charge in [0.1, 0.15) is 0 Å². The molecule has 1 aromatic heterocycles. The molecule has 1 aliphatic rings. The first-order chi connectivity index (χ1) is 6.89. The van der Waals surface area contributed by atoms with Crippen LogP contribution in [0.5, 0.6) is 0 Å². The van der Waals surface area contributed by atoms with Crippen molar-refractivity contribution in [3.8, 4) is 0 Å². The molecule has 0 aliphatic heterocycles. The van der Waals surface area contributed by atoms with Crippen LogP contribution in [0.1, 0.15) is 42.0 Å². The highest BCUT2D eigenvalue weighted by Crippen LogP contribution is 2.33. The van der Waals surface area contributed by atoms with Crippen molar-refractivity contribution in [3.63, 3.8) is 0 Å². The quantitative estimate of drug-likeness (QED) is 0.694. The van der Waals surface area contributed by atoms with Gasteiger partial charge in [0, 0.05) is 12.1 Å². The van der Waals surface area contributed by atoms with Crippen LogP contribution in [0, 0.1) is 12.3 Å². The Morgan fingerprint density at radius 1 is 1.27 bits per heavy atom. The number of hydrogen-bond donors (Lipinski definition) is 1. The minimum atomic E-state index is -0.364. The minimum absolute atomic E-state index is 0.0856. The number of nitrogens with zero attached hydrogens (tertiary/aromatic N) is 1. The molecule has 1 heterocycles. The average molecular weight is 206 g/mol. The van der Waals surface area contributed by atoms with E-state index in [9.17, 15) is 9.59 Å². The number of carbonyl (C=O) groups excluding carboxylic acids is 1. The third kappa shape index (κ3) is 1.71. The standard InChI is InChI=1S/C11H14N2O2/c1-6-9-7(13-10(15)12-6)4-11(2,3)5-8(9)14/h4-5H2,1-3H3,(H,12,13,15). The number of aromatic amines is 1. The number of H-pyrrole nitrogens is 1. The van der Waals surface area contributed by atoms with E-state index in [0.29, 0.717) is 29.8 Å². The molecule has 0 fully saturated rings. The Morgan fingerprint density at radius 3 is 2.60 bits per heavy atom. The molecule has 0 amide bonds. The number of Topliss-reactive ketones (excluding diaryl/α,β-unsaturated/α-hetero) is 1. The number of ketones is 1. The van der Waals surface area contributed by atoms with Crippen molar-refractivity contribution in [2.75, 3.05) is 0 Å². The second kappa shape index (κ2) is 3.02. The van der Waals surface area contributed by atoms with Gasteiger partial charge >= 0.3 is 5.69 Å². The molecule has 0 spiro atoms. The number of hydrogen-bond acceptors (Lipinski definition) is 3. The maximum Gasteiger partial charge on any atom is 0.345 e. The summed E-state index contributed by atoms with van der Waals surface area (Å²) in [6, 6.07) is 0. The van der Waals surface area contributed by atoms with Crippen molar-refractivity contribution in [3.05, 3.63) is 27.4 Å². The summed E-state index contributed by atoms with van der Waals surface area (Å²) in [6.45, 7) is 5.79. The Kier molecular flexibility index (Phi) is 2.03. The van der Waals surface area contributed by atoms with Gasteiger partial charge in [-0.1, -0.05) is 13.8 Å². The zero-order valence-electron chi connectivity index (χ0n) is 9.18. The van der Waals surface area contributed by atoms with E-state index in [4.69, 9.17) is 0 Å². The molecule has 2 rings (SSSR count). The lowest BCUT2D eigenvalue weighted by Crippen LogP contribution is -2.32. The first kappa shape index (κ1) is 10.1. The molecule has 1 aliphatic carbocycles. The van der Waals surface area contributed by atoms with E-state index in [1.165, 1.54) is 0 Å². The summed E-state index contributed by atoms with van der Waals surface area (Å²) in [5, 5.41) is 0. The molecule has 0 saturated carbocycles. The van der Waals surface area contributed by atoms with Crippen LogP contribution < -0.4 is 5.69 Å². The summed E-state index contributed by atoms with van der Waals surface area (Å²) in [5.74, 6) is 0.0856. The van der Waals surface area contributed by atoms with Gasteiger partial charge in [0.2, 0.25) is 0 Å². The van der Waals surface area contributed by atoms with Crippen LogP contribution in [-0.4, -0.2) is 15.8 Å². The first-order valence-corrected chi connectivity index (χ1v) is 5.02. The molecule has 4 heteroatoms. The predicted molar refractivity (Wildman–Crippen MR) is 56.0 cm³/mol. The van der Waals surface area contributed by atoms with Crippen LogP contribution in [0.25, 0.3) is 0 Å². The highest BCUT2D eigenvalue weighted by molar-refractivity contribution is 5.99. The normalized spacial score (nSPS) is 18.7. The summed E-state index contributed by atoms with van der Waals surface area (Å²) >= 11 is 0. The van der Waals surface area contributed by atoms with Gasteiger partial charge < -0.3 is 4.98 Å². The molecule has 0 radical (unpaired) electrons. The lowest BCUT2D eigenvalue weighted by Gasteiger charge is -2.29. The number of rotatable bonds is 0. The molecule has 80 valence electrons. The van der Waals surface area contributed by atoms with Crippen LogP contribution in [0.15, 0.2) is 4.79 Å². The van der Waals surface area contributed by atoms with Crippen LogP contribution in [0.4, 0.5) is 0 Å². The summed E-state index contributed by atoms with van der Waals surface area (Å²) in [6.07, 6.45) is 1.22. The van der Waals surface area contributed by atoms with E-state index in [1.54, 1.807) is 6.92 Å². The Morgan fingerprint density at radius 2 is 1.93 bits per heavy atom. The molecular weight excluding hydrogens is 192 g/mol. The van der Waals surface area contributed by atoms with E-state index in [-0.39, 0.29) is 16.9 Å².